The molecule has 0 aromatic heterocycles. The van der Waals surface area contributed by atoms with Gasteiger partial charge >= 0.3 is 0 Å². The maximum absolute atomic E-state index is 13.5. The van der Waals surface area contributed by atoms with E-state index in [1.807, 2.05) is 72.8 Å². The molecule has 3 aromatic carbocycles. The predicted octanol–water partition coefficient (Wildman–Crippen LogP) is 4.97. The molecule has 5 heteroatoms. The molecule has 0 amide bonds. The van der Waals surface area contributed by atoms with Crippen LogP contribution in [-0.4, -0.2) is 22.0 Å². The molecule has 1 N–H and O–H groups in total. The van der Waals surface area contributed by atoms with Gasteiger partial charge in [-0.25, -0.2) is 8.42 Å². The third-order valence-electron chi connectivity index (χ3n) is 5.54. The number of unbranched alkanes of at least 4 members (excludes halogenated alkanes) is 1. The fourth-order valence-electron chi connectivity index (χ4n) is 3.91. The molecule has 1 heterocycles. The molecule has 1 aliphatic heterocycles. The summed E-state index contributed by atoms with van der Waals surface area (Å²) in [5.74, 6) is 0. The van der Waals surface area contributed by atoms with Crippen molar-refractivity contribution in [1.29, 1.82) is 0 Å². The molecule has 3 aromatic rings. The molecule has 150 valence electrons. The number of anilines is 1. The molecule has 29 heavy (non-hydrogen) atoms. The number of sulfonamides is 1. The lowest BCUT2D eigenvalue weighted by atomic mass is 9.94. The lowest BCUT2D eigenvalue weighted by Crippen LogP contribution is -2.26. The van der Waals surface area contributed by atoms with Gasteiger partial charge in [0.05, 0.1) is 16.6 Å². The molecule has 0 aliphatic carbocycles. The Kier molecular flexibility index (Phi) is 5.43. The highest BCUT2D eigenvalue weighted by atomic mass is 32.2. The summed E-state index contributed by atoms with van der Waals surface area (Å²) in [5.41, 5.74) is 4.42. The predicted molar refractivity (Wildman–Crippen MR) is 119 cm³/mol. The van der Waals surface area contributed by atoms with Gasteiger partial charge < -0.3 is 5.32 Å². The number of rotatable bonds is 5. The van der Waals surface area contributed by atoms with E-state index in [2.05, 4.69) is 12.2 Å². The maximum Gasteiger partial charge on any atom is 0.264 e. The molecule has 0 radical (unpaired) electrons. The Morgan fingerprint density at radius 2 is 1.62 bits per heavy atom. The third-order valence-corrected chi connectivity index (χ3v) is 7.36. The maximum atomic E-state index is 13.5. The van der Waals surface area contributed by atoms with Crippen molar-refractivity contribution in [3.63, 3.8) is 0 Å². The summed E-state index contributed by atoms with van der Waals surface area (Å²) in [6.45, 7) is 2.99. The molecule has 0 fully saturated rings. The number of hydrogen-bond donors (Lipinski definition) is 1. The first-order valence-corrected chi connectivity index (χ1v) is 11.5. The standard InChI is InChI=1S/C24H26N2O2S/c1-3-4-16-25-24-20-12-8-9-13-22(20)26(2)29(27,28)23-17-19(14-15-21(23)24)18-10-6-5-7-11-18/h5-15,17,24-25H,3-4,16H2,1-2H3. The molecular weight excluding hydrogens is 380 g/mol. The van der Waals surface area contributed by atoms with Crippen LogP contribution in [0.15, 0.2) is 77.7 Å². The quantitative estimate of drug-likeness (QED) is 0.609. The van der Waals surface area contributed by atoms with Crippen LogP contribution < -0.4 is 9.62 Å². The van der Waals surface area contributed by atoms with Crippen molar-refractivity contribution >= 4 is 15.7 Å². The number of nitrogens with zero attached hydrogens (tertiary/aromatic N) is 1. The zero-order valence-corrected chi connectivity index (χ0v) is 17.6. The van der Waals surface area contributed by atoms with Crippen LogP contribution in [0.5, 0.6) is 0 Å². The van der Waals surface area contributed by atoms with Crippen LogP contribution in [0.2, 0.25) is 0 Å². The highest BCUT2D eigenvalue weighted by Crippen LogP contribution is 2.41. The number of fused-ring (bicyclic) bond motifs is 2. The molecule has 1 aliphatic rings. The molecule has 4 nitrogen and oxygen atoms in total. The van der Waals surface area contributed by atoms with Gasteiger partial charge in [0, 0.05) is 7.05 Å². The van der Waals surface area contributed by atoms with Gasteiger partial charge in [0.15, 0.2) is 0 Å². The SMILES string of the molecule is CCCCNC1c2ccccc2N(C)S(=O)(=O)c2cc(-c3ccccc3)ccc21. The minimum Gasteiger partial charge on any atom is -0.306 e. The lowest BCUT2D eigenvalue weighted by Gasteiger charge is -2.22. The van der Waals surface area contributed by atoms with Gasteiger partial charge in [-0.3, -0.25) is 4.31 Å². The van der Waals surface area contributed by atoms with Crippen LogP contribution in [0.25, 0.3) is 11.1 Å². The minimum absolute atomic E-state index is 0.169. The number of para-hydroxylation sites is 1. The number of hydrogen-bond acceptors (Lipinski definition) is 3. The van der Waals surface area contributed by atoms with Crippen LogP contribution in [0.4, 0.5) is 5.69 Å². The monoisotopic (exact) mass is 406 g/mol. The minimum atomic E-state index is -3.67. The fraction of sp³-hybridized carbons (Fsp3) is 0.250. The summed E-state index contributed by atoms with van der Waals surface area (Å²) in [7, 11) is -2.03. The van der Waals surface area contributed by atoms with E-state index in [4.69, 9.17) is 0 Å². The summed E-state index contributed by atoms with van der Waals surface area (Å²) >= 11 is 0. The first-order valence-electron chi connectivity index (χ1n) is 10.0. The van der Waals surface area contributed by atoms with Crippen LogP contribution in [0.3, 0.4) is 0 Å². The Labute approximate surface area is 173 Å². The highest BCUT2D eigenvalue weighted by molar-refractivity contribution is 7.92. The number of benzene rings is 3. The second-order valence-corrected chi connectivity index (χ2v) is 9.33. The smallest absolute Gasteiger partial charge is 0.264 e. The Morgan fingerprint density at radius 1 is 0.897 bits per heavy atom. The fourth-order valence-corrected chi connectivity index (χ4v) is 5.39. The van der Waals surface area contributed by atoms with Gasteiger partial charge in [-0.2, -0.15) is 0 Å². The number of nitrogens with one attached hydrogen (secondary N) is 1. The normalized spacial score (nSPS) is 17.3. The second kappa shape index (κ2) is 8.01. The summed E-state index contributed by atoms with van der Waals surface area (Å²) < 4.78 is 28.5. The van der Waals surface area contributed by atoms with E-state index >= 15 is 0 Å². The molecule has 0 bridgehead atoms. The second-order valence-electron chi connectivity index (χ2n) is 7.39. The van der Waals surface area contributed by atoms with E-state index in [1.165, 1.54) is 4.31 Å². The lowest BCUT2D eigenvalue weighted by molar-refractivity contribution is 0.570. The molecular formula is C24H26N2O2S. The van der Waals surface area contributed by atoms with Crippen LogP contribution >= 0.6 is 0 Å². The van der Waals surface area contributed by atoms with Gasteiger partial charge in [0.1, 0.15) is 0 Å². The van der Waals surface area contributed by atoms with E-state index in [0.717, 1.165) is 47.3 Å². The summed E-state index contributed by atoms with van der Waals surface area (Å²) in [5, 5.41) is 3.60. The van der Waals surface area contributed by atoms with E-state index in [-0.39, 0.29) is 6.04 Å². The van der Waals surface area contributed by atoms with Crippen LogP contribution in [0, 0.1) is 0 Å². The van der Waals surface area contributed by atoms with Crippen molar-refractivity contribution in [3.05, 3.63) is 83.9 Å². The zero-order valence-electron chi connectivity index (χ0n) is 16.8. The summed E-state index contributed by atoms with van der Waals surface area (Å²) in [4.78, 5) is 0.367. The van der Waals surface area contributed by atoms with Crippen LogP contribution in [0.1, 0.15) is 36.9 Å². The first kappa shape index (κ1) is 19.7. The van der Waals surface area contributed by atoms with E-state index in [1.54, 1.807) is 7.05 Å². The highest BCUT2D eigenvalue weighted by Gasteiger charge is 2.34. The molecule has 0 spiro atoms. The van der Waals surface area contributed by atoms with Gasteiger partial charge in [-0.05, 0) is 47.4 Å². The van der Waals surface area contributed by atoms with E-state index in [9.17, 15) is 8.42 Å². The van der Waals surface area contributed by atoms with Gasteiger partial charge in [0.2, 0.25) is 0 Å². The average Bonchev–Trinajstić information content (AvgIpc) is 2.82. The molecule has 0 saturated carbocycles. The first-order chi connectivity index (χ1) is 14.0. The topological polar surface area (TPSA) is 49.4 Å². The molecule has 0 saturated heterocycles. The largest absolute Gasteiger partial charge is 0.306 e. The summed E-state index contributed by atoms with van der Waals surface area (Å²) in [6, 6.07) is 23.3. The third kappa shape index (κ3) is 3.56. The Hall–Kier alpha value is -2.63. The average molecular weight is 407 g/mol. The van der Waals surface area contributed by atoms with Crippen molar-refractivity contribution < 1.29 is 8.42 Å². The van der Waals surface area contributed by atoms with E-state index in [0.29, 0.717) is 4.90 Å². The van der Waals surface area contributed by atoms with Crippen LogP contribution in [-0.2, 0) is 10.0 Å². The Bertz CT molecular complexity index is 1110. The van der Waals surface area contributed by atoms with Gasteiger partial charge in [-0.1, -0.05) is 74.0 Å². The van der Waals surface area contributed by atoms with Crippen molar-refractivity contribution in [3.8, 4) is 11.1 Å². The molecule has 1 unspecified atom stereocenters. The van der Waals surface area contributed by atoms with Crippen molar-refractivity contribution in [2.24, 2.45) is 0 Å². The van der Waals surface area contributed by atoms with Crippen molar-refractivity contribution in [2.75, 3.05) is 17.9 Å². The van der Waals surface area contributed by atoms with Crippen molar-refractivity contribution in [2.45, 2.75) is 30.7 Å². The van der Waals surface area contributed by atoms with Crippen molar-refractivity contribution in [1.82, 2.24) is 5.32 Å². The Morgan fingerprint density at radius 3 is 2.38 bits per heavy atom. The Balaban J connectivity index is 1.92. The zero-order chi connectivity index (χ0) is 20.4. The molecule has 1 atom stereocenters. The molecule has 4 rings (SSSR count). The van der Waals surface area contributed by atoms with Gasteiger partial charge in [0.25, 0.3) is 10.0 Å². The summed E-state index contributed by atoms with van der Waals surface area (Å²) in [6.07, 6.45) is 2.12. The van der Waals surface area contributed by atoms with Gasteiger partial charge in [-0.15, -0.1) is 0 Å². The van der Waals surface area contributed by atoms with E-state index < -0.39 is 10.0 Å².